The Balaban J connectivity index is 2.67. The van der Waals surface area contributed by atoms with Gasteiger partial charge in [-0.1, -0.05) is 32.0 Å². The van der Waals surface area contributed by atoms with Crippen LogP contribution in [0, 0.1) is 11.7 Å². The molecule has 0 radical (unpaired) electrons. The summed E-state index contributed by atoms with van der Waals surface area (Å²) in [4.78, 5) is 12.0. The first-order chi connectivity index (χ1) is 8.75. The van der Waals surface area contributed by atoms with Gasteiger partial charge in [0.1, 0.15) is 5.82 Å². The van der Waals surface area contributed by atoms with Gasteiger partial charge in [0.2, 0.25) is 5.91 Å². The summed E-state index contributed by atoms with van der Waals surface area (Å²) >= 11 is 0. The van der Waals surface area contributed by atoms with Gasteiger partial charge in [0.15, 0.2) is 0 Å². The van der Waals surface area contributed by atoms with Crippen LogP contribution < -0.4 is 5.32 Å². The predicted octanol–water partition coefficient (Wildman–Crippen LogP) is 2.45. The molecule has 2 N–H and O–H groups in total. The fourth-order valence-corrected chi connectivity index (χ4v) is 1.59. The van der Waals surface area contributed by atoms with Crippen LogP contribution in [0.25, 0.3) is 0 Å². The van der Waals surface area contributed by atoms with Crippen LogP contribution in [-0.2, 0) is 4.79 Å². The second-order valence-electron chi connectivity index (χ2n) is 5.47. The molecule has 1 aromatic rings. The summed E-state index contributed by atoms with van der Waals surface area (Å²) in [6.07, 6.45) is 0. The van der Waals surface area contributed by atoms with E-state index in [0.717, 1.165) is 0 Å². The third-order valence-electron chi connectivity index (χ3n) is 3.63. The Morgan fingerprint density at radius 3 is 2.47 bits per heavy atom. The standard InChI is InChI=1S/C15H22FNO2/c1-10(2)15(4,19)9-17-14(18)11(3)12-7-5-6-8-13(12)16/h5-8,10-11,19H,9H2,1-4H3,(H,17,18). The van der Waals surface area contributed by atoms with Crippen molar-refractivity contribution in [3.8, 4) is 0 Å². The maximum absolute atomic E-state index is 13.6. The molecule has 1 amide bonds. The number of halogens is 1. The molecule has 1 rings (SSSR count). The van der Waals surface area contributed by atoms with E-state index in [2.05, 4.69) is 5.32 Å². The number of amides is 1. The monoisotopic (exact) mass is 267 g/mol. The summed E-state index contributed by atoms with van der Waals surface area (Å²) in [7, 11) is 0. The van der Waals surface area contributed by atoms with Crippen LogP contribution in [0.4, 0.5) is 4.39 Å². The maximum Gasteiger partial charge on any atom is 0.227 e. The Kier molecular flexibility index (Phi) is 5.06. The van der Waals surface area contributed by atoms with Gasteiger partial charge < -0.3 is 10.4 Å². The Hall–Kier alpha value is -1.42. The largest absolute Gasteiger partial charge is 0.388 e. The van der Waals surface area contributed by atoms with E-state index in [-0.39, 0.29) is 24.2 Å². The molecular weight excluding hydrogens is 245 g/mol. The lowest BCUT2D eigenvalue weighted by atomic mass is 9.92. The molecule has 106 valence electrons. The molecule has 0 fully saturated rings. The fourth-order valence-electron chi connectivity index (χ4n) is 1.59. The number of carbonyl (C=O) groups is 1. The highest BCUT2D eigenvalue weighted by Crippen LogP contribution is 2.20. The molecule has 0 saturated heterocycles. The highest BCUT2D eigenvalue weighted by molar-refractivity contribution is 5.83. The second-order valence-corrected chi connectivity index (χ2v) is 5.47. The molecule has 0 aliphatic carbocycles. The molecular formula is C15H22FNO2. The molecule has 0 aliphatic rings. The number of nitrogens with one attached hydrogen (secondary N) is 1. The molecule has 0 aliphatic heterocycles. The summed E-state index contributed by atoms with van der Waals surface area (Å²) in [5, 5.41) is 12.7. The lowest BCUT2D eigenvalue weighted by Gasteiger charge is -2.28. The van der Waals surface area contributed by atoms with E-state index in [1.54, 1.807) is 32.0 Å². The van der Waals surface area contributed by atoms with Crippen molar-refractivity contribution < 1.29 is 14.3 Å². The van der Waals surface area contributed by atoms with Gasteiger partial charge in [-0.05, 0) is 31.4 Å². The molecule has 2 atom stereocenters. The van der Waals surface area contributed by atoms with E-state index in [1.165, 1.54) is 6.07 Å². The molecule has 4 heteroatoms. The second kappa shape index (κ2) is 6.15. The Morgan fingerprint density at radius 1 is 1.37 bits per heavy atom. The molecule has 0 aromatic heterocycles. The van der Waals surface area contributed by atoms with Crippen LogP contribution >= 0.6 is 0 Å². The van der Waals surface area contributed by atoms with Crippen LogP contribution in [0.15, 0.2) is 24.3 Å². The van der Waals surface area contributed by atoms with Crippen molar-refractivity contribution in [3.05, 3.63) is 35.6 Å². The minimum absolute atomic E-state index is 0.0246. The minimum Gasteiger partial charge on any atom is -0.388 e. The summed E-state index contributed by atoms with van der Waals surface area (Å²) in [5.41, 5.74) is -0.603. The van der Waals surface area contributed by atoms with Crippen LogP contribution in [0.1, 0.15) is 39.2 Å². The minimum atomic E-state index is -0.968. The maximum atomic E-state index is 13.6. The summed E-state index contributed by atoms with van der Waals surface area (Å²) in [6, 6.07) is 6.23. The lowest BCUT2D eigenvalue weighted by molar-refractivity contribution is -0.123. The SMILES string of the molecule is CC(C(=O)NCC(C)(O)C(C)C)c1ccccc1F. The molecule has 1 aromatic carbocycles. The zero-order valence-corrected chi connectivity index (χ0v) is 11.9. The molecule has 0 spiro atoms. The fraction of sp³-hybridized carbons (Fsp3) is 0.533. The smallest absolute Gasteiger partial charge is 0.227 e. The van der Waals surface area contributed by atoms with Crippen LogP contribution in [0.5, 0.6) is 0 Å². The highest BCUT2D eigenvalue weighted by atomic mass is 19.1. The molecule has 0 saturated carbocycles. The molecule has 19 heavy (non-hydrogen) atoms. The van der Waals surface area contributed by atoms with Gasteiger partial charge >= 0.3 is 0 Å². The number of carbonyl (C=O) groups excluding carboxylic acids is 1. The zero-order chi connectivity index (χ0) is 14.6. The van der Waals surface area contributed by atoms with E-state index in [9.17, 15) is 14.3 Å². The topological polar surface area (TPSA) is 49.3 Å². The normalized spacial score (nSPS) is 15.9. The Labute approximate surface area is 113 Å². The van der Waals surface area contributed by atoms with Crippen LogP contribution in [0.2, 0.25) is 0 Å². The number of aliphatic hydroxyl groups is 1. The molecule has 0 heterocycles. The zero-order valence-electron chi connectivity index (χ0n) is 11.9. The summed E-state index contributed by atoms with van der Waals surface area (Å²) in [5.74, 6) is -1.23. The van der Waals surface area contributed by atoms with Crippen molar-refractivity contribution in [1.29, 1.82) is 0 Å². The van der Waals surface area contributed by atoms with Gasteiger partial charge in [0.05, 0.1) is 11.5 Å². The van der Waals surface area contributed by atoms with E-state index >= 15 is 0 Å². The first-order valence-corrected chi connectivity index (χ1v) is 6.50. The Morgan fingerprint density at radius 2 is 1.95 bits per heavy atom. The van der Waals surface area contributed by atoms with E-state index in [4.69, 9.17) is 0 Å². The van der Waals surface area contributed by atoms with Gasteiger partial charge in [-0.25, -0.2) is 4.39 Å². The van der Waals surface area contributed by atoms with Crippen molar-refractivity contribution in [1.82, 2.24) is 5.32 Å². The van der Waals surface area contributed by atoms with Crippen molar-refractivity contribution in [2.24, 2.45) is 5.92 Å². The van der Waals surface area contributed by atoms with Gasteiger partial charge in [-0.2, -0.15) is 0 Å². The molecule has 3 nitrogen and oxygen atoms in total. The highest BCUT2D eigenvalue weighted by Gasteiger charge is 2.27. The van der Waals surface area contributed by atoms with Gasteiger partial charge in [-0.15, -0.1) is 0 Å². The summed E-state index contributed by atoms with van der Waals surface area (Å²) in [6.45, 7) is 7.24. The average Bonchev–Trinajstić information content (AvgIpc) is 2.35. The van der Waals surface area contributed by atoms with E-state index in [0.29, 0.717) is 5.56 Å². The quantitative estimate of drug-likeness (QED) is 0.861. The molecule has 2 unspecified atom stereocenters. The van der Waals surface area contributed by atoms with E-state index < -0.39 is 11.5 Å². The summed E-state index contributed by atoms with van der Waals surface area (Å²) < 4.78 is 13.6. The van der Waals surface area contributed by atoms with Crippen LogP contribution in [-0.4, -0.2) is 23.2 Å². The number of rotatable bonds is 5. The third kappa shape index (κ3) is 4.03. The Bertz CT molecular complexity index is 444. The average molecular weight is 267 g/mol. The van der Waals surface area contributed by atoms with Crippen molar-refractivity contribution in [2.75, 3.05) is 6.54 Å². The molecule has 0 bridgehead atoms. The van der Waals surface area contributed by atoms with Crippen molar-refractivity contribution >= 4 is 5.91 Å². The number of benzene rings is 1. The van der Waals surface area contributed by atoms with E-state index in [1.807, 2.05) is 13.8 Å². The van der Waals surface area contributed by atoms with Crippen LogP contribution in [0.3, 0.4) is 0 Å². The lowest BCUT2D eigenvalue weighted by Crippen LogP contribution is -2.45. The predicted molar refractivity (Wildman–Crippen MR) is 73.3 cm³/mol. The van der Waals surface area contributed by atoms with Crippen molar-refractivity contribution in [3.63, 3.8) is 0 Å². The number of hydrogen-bond acceptors (Lipinski definition) is 2. The van der Waals surface area contributed by atoms with Gasteiger partial charge in [0, 0.05) is 6.54 Å². The first kappa shape index (κ1) is 15.6. The third-order valence-corrected chi connectivity index (χ3v) is 3.63. The van der Waals surface area contributed by atoms with Crippen molar-refractivity contribution in [2.45, 2.75) is 39.2 Å². The first-order valence-electron chi connectivity index (χ1n) is 6.50. The van der Waals surface area contributed by atoms with Gasteiger partial charge in [-0.3, -0.25) is 4.79 Å². The number of hydrogen-bond donors (Lipinski definition) is 2. The van der Waals surface area contributed by atoms with Gasteiger partial charge in [0.25, 0.3) is 0 Å².